The molecule has 0 radical (unpaired) electrons. The van der Waals surface area contributed by atoms with Gasteiger partial charge >= 0.3 is 6.09 Å². The minimum absolute atomic E-state index is 0.404. The van der Waals surface area contributed by atoms with E-state index in [1.165, 1.54) is 0 Å². The van der Waals surface area contributed by atoms with Crippen LogP contribution in [0.3, 0.4) is 0 Å². The van der Waals surface area contributed by atoms with Crippen molar-refractivity contribution < 1.29 is 9.53 Å². The van der Waals surface area contributed by atoms with E-state index in [-0.39, 0.29) is 0 Å². The fourth-order valence-corrected chi connectivity index (χ4v) is 2.13. The summed E-state index contributed by atoms with van der Waals surface area (Å²) in [4.78, 5) is 16.7. The van der Waals surface area contributed by atoms with Gasteiger partial charge in [0.15, 0.2) is 0 Å². The molecule has 0 atom stereocenters. The van der Waals surface area contributed by atoms with Gasteiger partial charge in [-0.3, -0.25) is 0 Å². The quantitative estimate of drug-likeness (QED) is 0.669. The van der Waals surface area contributed by atoms with E-state index in [4.69, 9.17) is 4.74 Å². The lowest BCUT2D eigenvalue weighted by molar-refractivity contribution is 0.0529. The van der Waals surface area contributed by atoms with E-state index in [1.807, 2.05) is 34.6 Å². The van der Waals surface area contributed by atoms with Crippen LogP contribution in [0.2, 0.25) is 0 Å². The Morgan fingerprint density at radius 1 is 1.42 bits per heavy atom. The van der Waals surface area contributed by atoms with Gasteiger partial charge in [-0.2, -0.15) is 0 Å². The second kappa shape index (κ2) is 6.58. The van der Waals surface area contributed by atoms with Gasteiger partial charge in [-0.15, -0.1) is 11.3 Å². The van der Waals surface area contributed by atoms with Crippen molar-refractivity contribution in [2.75, 3.05) is 6.54 Å². The van der Waals surface area contributed by atoms with E-state index in [0.717, 1.165) is 15.6 Å². The van der Waals surface area contributed by atoms with E-state index >= 15 is 0 Å². The van der Waals surface area contributed by atoms with Crippen molar-refractivity contribution in [3.8, 4) is 11.8 Å². The van der Waals surface area contributed by atoms with Crippen molar-refractivity contribution >= 4 is 17.4 Å². The zero-order chi connectivity index (χ0) is 14.5. The highest BCUT2D eigenvalue weighted by Crippen LogP contribution is 2.15. The Kier molecular flexibility index (Phi) is 5.37. The molecule has 1 rings (SSSR count). The summed E-state index contributed by atoms with van der Waals surface area (Å²) in [5.41, 5.74) is 0.502. The standard InChI is InChI=1S/C14H20N2O2S/c1-10-12(19-11(2)16-10)8-6-7-9-15-13(17)18-14(3,4)5/h7,9H2,1-5H3,(H,15,17). The van der Waals surface area contributed by atoms with Crippen LogP contribution in [0.4, 0.5) is 4.79 Å². The van der Waals surface area contributed by atoms with E-state index < -0.39 is 11.7 Å². The van der Waals surface area contributed by atoms with E-state index in [1.54, 1.807) is 11.3 Å². The molecule has 1 aromatic heterocycles. The second-order valence-electron chi connectivity index (χ2n) is 5.13. The number of aryl methyl sites for hydroxylation is 2. The Bertz CT molecular complexity index is 504. The smallest absolute Gasteiger partial charge is 0.407 e. The average Bonchev–Trinajstić information content (AvgIpc) is 2.54. The lowest BCUT2D eigenvalue weighted by atomic mass is 10.2. The first-order valence-electron chi connectivity index (χ1n) is 6.17. The van der Waals surface area contributed by atoms with Gasteiger partial charge in [-0.25, -0.2) is 9.78 Å². The molecule has 0 saturated carbocycles. The molecule has 0 aliphatic rings. The molecule has 0 aromatic carbocycles. The molecule has 104 valence electrons. The van der Waals surface area contributed by atoms with Gasteiger partial charge in [0.05, 0.1) is 15.6 Å². The Morgan fingerprint density at radius 2 is 2.11 bits per heavy atom. The van der Waals surface area contributed by atoms with Crippen molar-refractivity contribution in [3.05, 3.63) is 15.6 Å². The van der Waals surface area contributed by atoms with Crippen LogP contribution in [0, 0.1) is 25.7 Å². The summed E-state index contributed by atoms with van der Waals surface area (Å²) in [7, 11) is 0. The zero-order valence-corrected chi connectivity index (χ0v) is 12.9. The first kappa shape index (κ1) is 15.5. The maximum absolute atomic E-state index is 11.4. The van der Waals surface area contributed by atoms with Crippen LogP contribution in [0.5, 0.6) is 0 Å². The van der Waals surface area contributed by atoms with Gasteiger partial charge in [0.2, 0.25) is 0 Å². The Labute approximate surface area is 118 Å². The molecule has 0 spiro atoms. The number of nitrogens with one attached hydrogen (secondary N) is 1. The van der Waals surface area contributed by atoms with Gasteiger partial charge < -0.3 is 10.1 Å². The topological polar surface area (TPSA) is 51.2 Å². The van der Waals surface area contributed by atoms with Crippen LogP contribution >= 0.6 is 11.3 Å². The van der Waals surface area contributed by atoms with Crippen molar-refractivity contribution in [1.82, 2.24) is 10.3 Å². The molecule has 1 amide bonds. The first-order valence-corrected chi connectivity index (χ1v) is 6.99. The number of alkyl carbamates (subject to hydrolysis) is 1. The molecule has 1 aromatic rings. The maximum Gasteiger partial charge on any atom is 0.407 e. The molecule has 4 nitrogen and oxygen atoms in total. The third kappa shape index (κ3) is 6.25. The number of carbonyl (C=O) groups excluding carboxylic acids is 1. The monoisotopic (exact) mass is 280 g/mol. The highest BCUT2D eigenvalue weighted by molar-refractivity contribution is 7.12. The summed E-state index contributed by atoms with van der Waals surface area (Å²) in [6, 6.07) is 0. The highest BCUT2D eigenvalue weighted by Gasteiger charge is 2.15. The van der Waals surface area contributed by atoms with Crippen LogP contribution in [0.15, 0.2) is 0 Å². The Hall–Kier alpha value is -1.54. The van der Waals surface area contributed by atoms with Crippen LogP contribution in [-0.4, -0.2) is 23.2 Å². The number of carbonyl (C=O) groups is 1. The molecule has 0 unspecified atom stereocenters. The highest BCUT2D eigenvalue weighted by atomic mass is 32.1. The summed E-state index contributed by atoms with van der Waals surface area (Å²) < 4.78 is 5.12. The molecule has 0 fully saturated rings. The minimum atomic E-state index is -0.465. The molecular weight excluding hydrogens is 260 g/mol. The molecule has 0 aliphatic heterocycles. The summed E-state index contributed by atoms with van der Waals surface area (Å²) >= 11 is 1.59. The fourth-order valence-electron chi connectivity index (χ4n) is 1.33. The number of amides is 1. The van der Waals surface area contributed by atoms with Crippen molar-refractivity contribution in [2.24, 2.45) is 0 Å². The van der Waals surface area contributed by atoms with Gasteiger partial charge in [-0.05, 0) is 34.6 Å². The van der Waals surface area contributed by atoms with E-state index in [0.29, 0.717) is 13.0 Å². The number of nitrogens with zero attached hydrogens (tertiary/aromatic N) is 1. The first-order chi connectivity index (χ1) is 8.78. The molecular formula is C14H20N2O2S. The van der Waals surface area contributed by atoms with Gasteiger partial charge in [0.25, 0.3) is 0 Å². The lowest BCUT2D eigenvalue weighted by Crippen LogP contribution is -2.32. The molecule has 0 bridgehead atoms. The third-order valence-corrected chi connectivity index (χ3v) is 3.01. The summed E-state index contributed by atoms with van der Waals surface area (Å²) in [5, 5.41) is 3.69. The normalized spacial score (nSPS) is 10.6. The predicted molar refractivity (Wildman–Crippen MR) is 77.3 cm³/mol. The van der Waals surface area contributed by atoms with Crippen molar-refractivity contribution in [1.29, 1.82) is 0 Å². The second-order valence-corrected chi connectivity index (χ2v) is 6.33. The SMILES string of the molecule is Cc1nc(C)c(C#CCCNC(=O)OC(C)(C)C)s1. The number of hydrogen-bond acceptors (Lipinski definition) is 4. The van der Waals surface area contributed by atoms with Crippen LogP contribution in [0.1, 0.15) is 42.8 Å². The van der Waals surface area contributed by atoms with Crippen LogP contribution < -0.4 is 5.32 Å². The number of hydrogen-bond donors (Lipinski definition) is 1. The largest absolute Gasteiger partial charge is 0.444 e. The maximum atomic E-state index is 11.4. The molecule has 1 N–H and O–H groups in total. The third-order valence-electron chi connectivity index (χ3n) is 2.02. The van der Waals surface area contributed by atoms with E-state index in [2.05, 4.69) is 22.1 Å². The van der Waals surface area contributed by atoms with Crippen molar-refractivity contribution in [2.45, 2.75) is 46.6 Å². The number of thiazole rings is 1. The Balaban J connectivity index is 2.32. The zero-order valence-electron chi connectivity index (χ0n) is 12.1. The summed E-state index contributed by atoms with van der Waals surface area (Å²) in [6.45, 7) is 9.90. The van der Waals surface area contributed by atoms with Crippen LogP contribution in [-0.2, 0) is 4.74 Å². The molecule has 5 heteroatoms. The number of ether oxygens (including phenoxy) is 1. The molecule has 19 heavy (non-hydrogen) atoms. The predicted octanol–water partition coefficient (Wildman–Crippen LogP) is 3.03. The average molecular weight is 280 g/mol. The molecule has 0 aliphatic carbocycles. The number of aromatic nitrogens is 1. The Morgan fingerprint density at radius 3 is 2.63 bits per heavy atom. The van der Waals surface area contributed by atoms with Gasteiger partial charge in [0, 0.05) is 13.0 Å². The van der Waals surface area contributed by atoms with Gasteiger partial charge in [0.1, 0.15) is 5.60 Å². The van der Waals surface area contributed by atoms with Crippen molar-refractivity contribution in [3.63, 3.8) is 0 Å². The van der Waals surface area contributed by atoms with E-state index in [9.17, 15) is 4.79 Å². The summed E-state index contributed by atoms with van der Waals surface area (Å²) in [6.07, 6.45) is 0.189. The molecule has 0 saturated heterocycles. The minimum Gasteiger partial charge on any atom is -0.444 e. The number of rotatable bonds is 2. The van der Waals surface area contributed by atoms with Gasteiger partial charge in [-0.1, -0.05) is 11.8 Å². The summed E-state index contributed by atoms with van der Waals surface area (Å²) in [5.74, 6) is 6.09. The fraction of sp³-hybridized carbons (Fsp3) is 0.571. The molecule has 1 heterocycles. The van der Waals surface area contributed by atoms with Crippen LogP contribution in [0.25, 0.3) is 0 Å². The lowest BCUT2D eigenvalue weighted by Gasteiger charge is -2.19.